The van der Waals surface area contributed by atoms with Gasteiger partial charge in [-0.2, -0.15) is 0 Å². The Balaban J connectivity index is 1.85. The van der Waals surface area contributed by atoms with Crippen molar-refractivity contribution < 1.29 is 8.78 Å². The maximum Gasteiger partial charge on any atom is 0.155 e. The lowest BCUT2D eigenvalue weighted by atomic mass is 10.3. The fourth-order valence-electron chi connectivity index (χ4n) is 1.87. The molecule has 0 unspecified atom stereocenters. The van der Waals surface area contributed by atoms with Gasteiger partial charge in [-0.05, 0) is 28.1 Å². The van der Waals surface area contributed by atoms with E-state index in [1.807, 2.05) is 4.40 Å². The van der Waals surface area contributed by atoms with Gasteiger partial charge in [-0.15, -0.1) is 0 Å². The number of hydrogen-bond acceptors (Lipinski definition) is 3. The molecule has 0 saturated heterocycles. The molecule has 0 aliphatic rings. The van der Waals surface area contributed by atoms with Gasteiger partial charge in [-0.1, -0.05) is 0 Å². The van der Waals surface area contributed by atoms with E-state index in [0.717, 1.165) is 11.8 Å². The highest BCUT2D eigenvalue weighted by atomic mass is 79.9. The van der Waals surface area contributed by atoms with E-state index in [4.69, 9.17) is 0 Å². The van der Waals surface area contributed by atoms with Crippen LogP contribution in [-0.2, 0) is 6.54 Å². The summed E-state index contributed by atoms with van der Waals surface area (Å²) in [6.45, 7) is 0.361. The summed E-state index contributed by atoms with van der Waals surface area (Å²) in [4.78, 5) is 8.27. The molecule has 0 atom stereocenters. The predicted molar refractivity (Wildman–Crippen MR) is 74.4 cm³/mol. The molecule has 4 nitrogen and oxygen atoms in total. The smallest absolute Gasteiger partial charge is 0.155 e. The first kappa shape index (κ1) is 13.0. The fourth-order valence-corrected chi connectivity index (χ4v) is 2.17. The van der Waals surface area contributed by atoms with E-state index in [1.165, 1.54) is 12.1 Å². The van der Waals surface area contributed by atoms with E-state index in [1.54, 1.807) is 18.6 Å². The zero-order valence-electron chi connectivity index (χ0n) is 10.1. The van der Waals surface area contributed by atoms with E-state index in [-0.39, 0.29) is 5.69 Å². The summed E-state index contributed by atoms with van der Waals surface area (Å²) in [6, 6.07) is 3.42. The molecule has 0 bridgehead atoms. The van der Waals surface area contributed by atoms with Crippen molar-refractivity contribution in [3.8, 4) is 0 Å². The van der Waals surface area contributed by atoms with E-state index >= 15 is 0 Å². The molecule has 0 aliphatic carbocycles. The second-order valence-electron chi connectivity index (χ2n) is 4.17. The van der Waals surface area contributed by atoms with Crippen molar-refractivity contribution in [2.24, 2.45) is 0 Å². The third kappa shape index (κ3) is 2.49. The Morgan fingerprint density at radius 2 is 2.05 bits per heavy atom. The number of halogens is 3. The Labute approximate surface area is 121 Å². The number of nitrogens with zero attached hydrogens (tertiary/aromatic N) is 3. The maximum atomic E-state index is 13.5. The van der Waals surface area contributed by atoms with Crippen LogP contribution in [0, 0.1) is 11.6 Å². The Morgan fingerprint density at radius 1 is 1.20 bits per heavy atom. The lowest BCUT2D eigenvalue weighted by Gasteiger charge is -2.07. The first-order valence-corrected chi connectivity index (χ1v) is 6.59. The molecule has 2 heterocycles. The van der Waals surface area contributed by atoms with E-state index in [0.29, 0.717) is 16.8 Å². The molecular weight excluding hydrogens is 330 g/mol. The quantitative estimate of drug-likeness (QED) is 0.796. The summed E-state index contributed by atoms with van der Waals surface area (Å²) in [5, 5.41) is 2.92. The van der Waals surface area contributed by atoms with Crippen LogP contribution in [0.3, 0.4) is 0 Å². The van der Waals surface area contributed by atoms with Crippen LogP contribution in [-0.4, -0.2) is 14.4 Å². The van der Waals surface area contributed by atoms with Crippen LogP contribution in [0.1, 0.15) is 5.69 Å². The largest absolute Gasteiger partial charge is 0.377 e. The van der Waals surface area contributed by atoms with Gasteiger partial charge in [0.05, 0.1) is 30.3 Å². The minimum Gasteiger partial charge on any atom is -0.377 e. The van der Waals surface area contributed by atoms with Crippen LogP contribution in [0.4, 0.5) is 14.5 Å². The Bertz CT molecular complexity index is 772. The standard InChI is InChI=1S/C13H9BrF2N4/c14-12-7-20-9(5-19-13(20)6-18-12)4-17-11-2-1-8(15)3-10(11)16/h1-3,5-7,17H,4H2. The summed E-state index contributed by atoms with van der Waals surface area (Å²) < 4.78 is 28.9. The number of aromatic nitrogens is 3. The summed E-state index contributed by atoms with van der Waals surface area (Å²) in [7, 11) is 0. The number of benzene rings is 1. The van der Waals surface area contributed by atoms with Gasteiger partial charge in [0.25, 0.3) is 0 Å². The summed E-state index contributed by atoms with van der Waals surface area (Å²) in [5.74, 6) is -1.22. The highest BCUT2D eigenvalue weighted by Crippen LogP contribution is 2.17. The van der Waals surface area contributed by atoms with Gasteiger partial charge in [0.2, 0.25) is 0 Å². The second-order valence-corrected chi connectivity index (χ2v) is 4.98. The van der Waals surface area contributed by atoms with Crippen molar-refractivity contribution in [2.75, 3.05) is 5.32 Å². The first-order chi connectivity index (χ1) is 9.63. The molecule has 0 fully saturated rings. The molecular formula is C13H9BrF2N4. The molecule has 3 aromatic rings. The fraction of sp³-hybridized carbons (Fsp3) is 0.0769. The Hall–Kier alpha value is -2.02. The molecule has 102 valence electrons. The van der Waals surface area contributed by atoms with Gasteiger partial charge < -0.3 is 5.32 Å². The molecule has 7 heteroatoms. The van der Waals surface area contributed by atoms with Crippen LogP contribution < -0.4 is 5.32 Å². The lowest BCUT2D eigenvalue weighted by molar-refractivity contribution is 0.585. The number of rotatable bonds is 3. The third-order valence-electron chi connectivity index (χ3n) is 2.83. The zero-order valence-corrected chi connectivity index (χ0v) is 11.7. The summed E-state index contributed by atoms with van der Waals surface area (Å²) in [5.41, 5.74) is 1.78. The van der Waals surface area contributed by atoms with E-state index < -0.39 is 11.6 Å². The topological polar surface area (TPSA) is 42.2 Å². The maximum absolute atomic E-state index is 13.5. The first-order valence-electron chi connectivity index (χ1n) is 5.80. The molecule has 3 rings (SSSR count). The minimum absolute atomic E-state index is 0.245. The van der Waals surface area contributed by atoms with Crippen LogP contribution in [0.5, 0.6) is 0 Å². The van der Waals surface area contributed by atoms with Crippen LogP contribution in [0.2, 0.25) is 0 Å². The minimum atomic E-state index is -0.623. The highest BCUT2D eigenvalue weighted by Gasteiger charge is 2.07. The molecule has 0 amide bonds. The molecule has 0 aliphatic heterocycles. The van der Waals surface area contributed by atoms with E-state index in [9.17, 15) is 8.78 Å². The van der Waals surface area contributed by atoms with Crippen molar-refractivity contribution in [2.45, 2.75) is 6.54 Å². The molecule has 0 saturated carbocycles. The van der Waals surface area contributed by atoms with Crippen molar-refractivity contribution in [3.63, 3.8) is 0 Å². The van der Waals surface area contributed by atoms with Crippen molar-refractivity contribution >= 4 is 27.3 Å². The van der Waals surface area contributed by atoms with Gasteiger partial charge in [0, 0.05) is 12.3 Å². The number of fused-ring (bicyclic) bond motifs is 1. The Kier molecular flexibility index (Phi) is 3.35. The monoisotopic (exact) mass is 338 g/mol. The average molecular weight is 339 g/mol. The SMILES string of the molecule is Fc1ccc(NCc2cnc3cnc(Br)cn23)c(F)c1. The van der Waals surface area contributed by atoms with Crippen molar-refractivity contribution in [3.05, 3.63) is 58.7 Å². The predicted octanol–water partition coefficient (Wildman–Crippen LogP) is 3.38. The molecule has 0 spiro atoms. The van der Waals surface area contributed by atoms with Gasteiger partial charge in [-0.25, -0.2) is 18.7 Å². The number of anilines is 1. The van der Waals surface area contributed by atoms with Crippen LogP contribution in [0.25, 0.3) is 5.65 Å². The molecule has 20 heavy (non-hydrogen) atoms. The summed E-state index contributed by atoms with van der Waals surface area (Å²) >= 11 is 3.29. The van der Waals surface area contributed by atoms with Crippen molar-refractivity contribution in [1.29, 1.82) is 0 Å². The third-order valence-corrected chi connectivity index (χ3v) is 3.24. The number of hydrogen-bond donors (Lipinski definition) is 1. The second kappa shape index (κ2) is 5.16. The number of nitrogens with one attached hydrogen (secondary N) is 1. The lowest BCUT2D eigenvalue weighted by Crippen LogP contribution is -2.04. The normalized spacial score (nSPS) is 10.9. The molecule has 1 aromatic carbocycles. The van der Waals surface area contributed by atoms with Crippen LogP contribution in [0.15, 0.2) is 41.4 Å². The molecule has 2 aromatic heterocycles. The molecule has 0 radical (unpaired) electrons. The average Bonchev–Trinajstić information content (AvgIpc) is 2.80. The summed E-state index contributed by atoms with van der Waals surface area (Å²) in [6.07, 6.45) is 5.09. The van der Waals surface area contributed by atoms with E-state index in [2.05, 4.69) is 31.2 Å². The highest BCUT2D eigenvalue weighted by molar-refractivity contribution is 9.10. The van der Waals surface area contributed by atoms with Gasteiger partial charge in [0.15, 0.2) is 5.65 Å². The van der Waals surface area contributed by atoms with Crippen LogP contribution >= 0.6 is 15.9 Å². The van der Waals surface area contributed by atoms with Gasteiger partial charge in [0.1, 0.15) is 16.2 Å². The van der Waals surface area contributed by atoms with Gasteiger partial charge >= 0.3 is 0 Å². The number of imidazole rings is 1. The Morgan fingerprint density at radius 3 is 2.85 bits per heavy atom. The van der Waals surface area contributed by atoms with Gasteiger partial charge in [-0.3, -0.25) is 4.40 Å². The zero-order chi connectivity index (χ0) is 14.1. The molecule has 1 N–H and O–H groups in total. The van der Waals surface area contributed by atoms with Crippen molar-refractivity contribution in [1.82, 2.24) is 14.4 Å².